The zero-order valence-corrected chi connectivity index (χ0v) is 12.9. The zero-order valence-electron chi connectivity index (χ0n) is 12.1. The molecule has 2 rings (SSSR count). The average Bonchev–Trinajstić information content (AvgIpc) is 2.36. The minimum Gasteiger partial charge on any atom is -0.399 e. The fraction of sp³-hybridized carbons (Fsp3) is 0.571. The van der Waals surface area contributed by atoms with E-state index in [0.29, 0.717) is 28.6 Å². The van der Waals surface area contributed by atoms with Crippen molar-refractivity contribution in [2.45, 2.75) is 24.7 Å². The molecule has 1 aromatic rings. The summed E-state index contributed by atoms with van der Waals surface area (Å²) in [7, 11) is -1.37. The van der Waals surface area contributed by atoms with Crippen molar-refractivity contribution in [3.63, 3.8) is 0 Å². The molecule has 0 bridgehead atoms. The molecule has 0 aromatic heterocycles. The highest BCUT2D eigenvalue weighted by atomic mass is 32.2. The topological polar surface area (TPSA) is 75.4 Å². The van der Waals surface area contributed by atoms with Crippen molar-refractivity contribution in [2.75, 3.05) is 32.4 Å². The minimum absolute atomic E-state index is 0.316. The summed E-state index contributed by atoms with van der Waals surface area (Å²) in [6.07, 6.45) is 2.21. The SMILES string of the molecule is Cc1cc(N)ccc1S(=O)(=O)NCC1CCCN(C)C1. The lowest BCUT2D eigenvalue weighted by molar-refractivity contribution is 0.211. The number of nitrogens with zero attached hydrogens (tertiary/aromatic N) is 1. The second-order valence-electron chi connectivity index (χ2n) is 5.65. The van der Waals surface area contributed by atoms with E-state index in [4.69, 9.17) is 5.73 Å². The molecule has 5 nitrogen and oxygen atoms in total. The molecule has 6 heteroatoms. The fourth-order valence-electron chi connectivity index (χ4n) is 2.72. The smallest absolute Gasteiger partial charge is 0.240 e. The van der Waals surface area contributed by atoms with E-state index in [1.54, 1.807) is 25.1 Å². The molecule has 1 unspecified atom stereocenters. The van der Waals surface area contributed by atoms with Crippen molar-refractivity contribution in [1.29, 1.82) is 0 Å². The third-order valence-electron chi connectivity index (χ3n) is 3.77. The Hall–Kier alpha value is -1.11. The number of rotatable bonds is 4. The number of nitrogens with one attached hydrogen (secondary N) is 1. The number of hydrogen-bond donors (Lipinski definition) is 2. The maximum Gasteiger partial charge on any atom is 0.240 e. The number of nitrogen functional groups attached to an aromatic ring is 1. The molecule has 1 fully saturated rings. The van der Waals surface area contributed by atoms with Gasteiger partial charge in [-0.2, -0.15) is 0 Å². The van der Waals surface area contributed by atoms with Crippen LogP contribution in [0.2, 0.25) is 0 Å². The normalized spacial score (nSPS) is 21.0. The number of piperidine rings is 1. The predicted octanol–water partition coefficient (Wildman–Crippen LogP) is 1.20. The van der Waals surface area contributed by atoms with Gasteiger partial charge < -0.3 is 10.6 Å². The lowest BCUT2D eigenvalue weighted by Crippen LogP contribution is -2.39. The summed E-state index contributed by atoms with van der Waals surface area (Å²) < 4.78 is 27.4. The minimum atomic E-state index is -3.45. The Labute approximate surface area is 121 Å². The molecule has 0 saturated carbocycles. The molecule has 3 N–H and O–H groups in total. The summed E-state index contributed by atoms with van der Waals surface area (Å²) >= 11 is 0. The van der Waals surface area contributed by atoms with E-state index in [-0.39, 0.29) is 0 Å². The van der Waals surface area contributed by atoms with E-state index >= 15 is 0 Å². The van der Waals surface area contributed by atoms with Gasteiger partial charge in [0.05, 0.1) is 4.90 Å². The van der Waals surface area contributed by atoms with Gasteiger partial charge in [-0.15, -0.1) is 0 Å². The third-order valence-corrected chi connectivity index (χ3v) is 5.36. The van der Waals surface area contributed by atoms with Gasteiger partial charge in [0.15, 0.2) is 0 Å². The van der Waals surface area contributed by atoms with E-state index in [1.165, 1.54) is 0 Å². The van der Waals surface area contributed by atoms with E-state index in [0.717, 1.165) is 25.9 Å². The lowest BCUT2D eigenvalue weighted by Gasteiger charge is -2.29. The largest absolute Gasteiger partial charge is 0.399 e. The van der Waals surface area contributed by atoms with Crippen molar-refractivity contribution in [3.05, 3.63) is 23.8 Å². The van der Waals surface area contributed by atoms with E-state index in [9.17, 15) is 8.42 Å². The molecule has 1 heterocycles. The molecule has 1 saturated heterocycles. The highest BCUT2D eigenvalue weighted by molar-refractivity contribution is 7.89. The van der Waals surface area contributed by atoms with Crippen molar-refractivity contribution in [1.82, 2.24) is 9.62 Å². The van der Waals surface area contributed by atoms with Gasteiger partial charge >= 0.3 is 0 Å². The first kappa shape index (κ1) is 15.3. The zero-order chi connectivity index (χ0) is 14.8. The highest BCUT2D eigenvalue weighted by Crippen LogP contribution is 2.19. The maximum atomic E-state index is 12.3. The van der Waals surface area contributed by atoms with Crippen molar-refractivity contribution in [2.24, 2.45) is 5.92 Å². The predicted molar refractivity (Wildman–Crippen MR) is 81.0 cm³/mol. The Morgan fingerprint density at radius 2 is 2.20 bits per heavy atom. The monoisotopic (exact) mass is 297 g/mol. The van der Waals surface area contributed by atoms with Gasteiger partial charge in [0.25, 0.3) is 0 Å². The van der Waals surface area contributed by atoms with Crippen LogP contribution in [-0.2, 0) is 10.0 Å². The molecule has 112 valence electrons. The summed E-state index contributed by atoms with van der Waals surface area (Å²) in [5.41, 5.74) is 6.91. The second-order valence-corrected chi connectivity index (χ2v) is 7.38. The molecule has 1 aliphatic heterocycles. The summed E-state index contributed by atoms with van der Waals surface area (Å²) in [5, 5.41) is 0. The Balaban J connectivity index is 2.03. The summed E-state index contributed by atoms with van der Waals surface area (Å²) in [5.74, 6) is 0.387. The molecule has 20 heavy (non-hydrogen) atoms. The highest BCUT2D eigenvalue weighted by Gasteiger charge is 2.21. The summed E-state index contributed by atoms with van der Waals surface area (Å²) in [6.45, 7) is 4.30. The molecule has 1 aliphatic rings. The van der Waals surface area contributed by atoms with Crippen molar-refractivity contribution < 1.29 is 8.42 Å². The number of anilines is 1. The molecule has 1 aromatic carbocycles. The summed E-state index contributed by atoms with van der Waals surface area (Å²) in [6, 6.07) is 4.87. The van der Waals surface area contributed by atoms with Gasteiger partial charge in [-0.25, -0.2) is 13.1 Å². The number of benzene rings is 1. The average molecular weight is 297 g/mol. The number of nitrogens with two attached hydrogens (primary N) is 1. The van der Waals surface area contributed by atoms with Gasteiger partial charge in [0.2, 0.25) is 10.0 Å². The van der Waals surface area contributed by atoms with Crippen LogP contribution in [0, 0.1) is 12.8 Å². The van der Waals surface area contributed by atoms with Crippen molar-refractivity contribution in [3.8, 4) is 0 Å². The Kier molecular flexibility index (Phi) is 4.67. The van der Waals surface area contributed by atoms with E-state index in [1.807, 2.05) is 0 Å². The molecule has 1 atom stereocenters. The molecule has 0 aliphatic carbocycles. The van der Waals surface area contributed by atoms with Gasteiger partial charge in [-0.1, -0.05) is 0 Å². The van der Waals surface area contributed by atoms with Crippen LogP contribution in [0.3, 0.4) is 0 Å². The first-order valence-corrected chi connectivity index (χ1v) is 8.41. The van der Waals surface area contributed by atoms with Gasteiger partial charge in [0.1, 0.15) is 0 Å². The van der Waals surface area contributed by atoms with Crippen LogP contribution >= 0.6 is 0 Å². The molecule has 0 amide bonds. The number of aryl methyl sites for hydroxylation is 1. The van der Waals surface area contributed by atoms with E-state index in [2.05, 4.69) is 16.7 Å². The van der Waals surface area contributed by atoms with E-state index < -0.39 is 10.0 Å². The Morgan fingerprint density at radius 1 is 1.45 bits per heavy atom. The van der Waals surface area contributed by atoms with Gasteiger partial charge in [0, 0.05) is 18.8 Å². The van der Waals surface area contributed by atoms with Crippen molar-refractivity contribution >= 4 is 15.7 Å². The van der Waals surface area contributed by atoms with Gasteiger partial charge in [-0.05, 0) is 63.0 Å². The maximum absolute atomic E-state index is 12.3. The second kappa shape index (κ2) is 6.11. The van der Waals surface area contributed by atoms with Gasteiger partial charge in [-0.3, -0.25) is 0 Å². The quantitative estimate of drug-likeness (QED) is 0.819. The molecular weight excluding hydrogens is 274 g/mol. The Morgan fingerprint density at radius 3 is 2.85 bits per heavy atom. The third kappa shape index (κ3) is 3.71. The lowest BCUT2D eigenvalue weighted by atomic mass is 9.99. The van der Waals surface area contributed by atoms with Crippen LogP contribution in [0.5, 0.6) is 0 Å². The molecule has 0 radical (unpaired) electrons. The summed E-state index contributed by atoms with van der Waals surface area (Å²) in [4.78, 5) is 2.56. The van der Waals surface area contributed by atoms with Crippen LogP contribution in [0.15, 0.2) is 23.1 Å². The molecular formula is C14H23N3O2S. The fourth-order valence-corrected chi connectivity index (χ4v) is 4.06. The van der Waals surface area contributed by atoms with Crippen LogP contribution in [0.1, 0.15) is 18.4 Å². The van der Waals surface area contributed by atoms with Crippen LogP contribution < -0.4 is 10.5 Å². The first-order valence-electron chi connectivity index (χ1n) is 6.93. The molecule has 0 spiro atoms. The number of sulfonamides is 1. The van der Waals surface area contributed by atoms with Crippen LogP contribution in [-0.4, -0.2) is 40.0 Å². The van der Waals surface area contributed by atoms with Crippen LogP contribution in [0.25, 0.3) is 0 Å². The van der Waals surface area contributed by atoms with Crippen LogP contribution in [0.4, 0.5) is 5.69 Å². The first-order chi connectivity index (χ1) is 9.38. The standard InChI is InChI=1S/C14H23N3O2S/c1-11-8-13(15)5-6-14(11)20(18,19)16-9-12-4-3-7-17(2)10-12/h5-6,8,12,16H,3-4,7,9-10,15H2,1-2H3. The number of hydrogen-bond acceptors (Lipinski definition) is 4. The Bertz CT molecular complexity index is 572. The number of likely N-dealkylation sites (tertiary alicyclic amines) is 1.